The summed E-state index contributed by atoms with van der Waals surface area (Å²) < 4.78 is 34.9. The van der Waals surface area contributed by atoms with Crippen molar-refractivity contribution in [2.75, 3.05) is 13.1 Å². The average molecular weight is 351 g/mol. The summed E-state index contributed by atoms with van der Waals surface area (Å²) in [4.78, 5) is 3.33. The fourth-order valence-corrected chi connectivity index (χ4v) is 4.56. The average Bonchev–Trinajstić information content (AvgIpc) is 2.79. The molecule has 0 saturated carbocycles. The fraction of sp³-hybridized carbons (Fsp3) is 0.529. The summed E-state index contributed by atoms with van der Waals surface area (Å²) in [7, 11) is -3.51. The van der Waals surface area contributed by atoms with Gasteiger partial charge in [-0.1, -0.05) is 6.07 Å². The lowest BCUT2D eigenvalue weighted by molar-refractivity contribution is -0.0444. The van der Waals surface area contributed by atoms with E-state index in [2.05, 4.69) is 16.6 Å². The number of nitrogens with one attached hydrogen (secondary N) is 2. The SMILES string of the molecule is Cc1[nH]c2ccc(CNS(=O)(=O)N3C[C@H](C)O[C@@H](C)C3)cc2c1C. The molecule has 132 valence electrons. The van der Waals surface area contributed by atoms with Crippen LogP contribution in [-0.4, -0.2) is 43.0 Å². The molecule has 1 aliphatic rings. The van der Waals surface area contributed by atoms with E-state index in [-0.39, 0.29) is 18.8 Å². The second kappa shape index (κ2) is 6.48. The molecule has 1 fully saturated rings. The van der Waals surface area contributed by atoms with Gasteiger partial charge in [0.05, 0.1) is 12.2 Å². The minimum atomic E-state index is -3.51. The molecule has 3 rings (SSSR count). The second-order valence-electron chi connectivity index (χ2n) is 6.66. The van der Waals surface area contributed by atoms with Crippen molar-refractivity contribution >= 4 is 21.1 Å². The minimum Gasteiger partial charge on any atom is -0.373 e. The highest BCUT2D eigenvalue weighted by atomic mass is 32.2. The van der Waals surface area contributed by atoms with E-state index < -0.39 is 10.2 Å². The third kappa shape index (κ3) is 3.49. The molecule has 2 atom stereocenters. The highest BCUT2D eigenvalue weighted by Gasteiger charge is 2.30. The Balaban J connectivity index is 1.73. The maximum Gasteiger partial charge on any atom is 0.279 e. The van der Waals surface area contributed by atoms with Gasteiger partial charge in [-0.25, -0.2) is 0 Å². The van der Waals surface area contributed by atoms with E-state index in [9.17, 15) is 8.42 Å². The number of nitrogens with zero attached hydrogens (tertiary/aromatic N) is 1. The Kier molecular flexibility index (Phi) is 4.70. The summed E-state index contributed by atoms with van der Waals surface area (Å²) in [6, 6.07) is 5.99. The van der Waals surface area contributed by atoms with Crippen LogP contribution in [0.15, 0.2) is 18.2 Å². The lowest BCUT2D eigenvalue weighted by Gasteiger charge is -2.34. The summed E-state index contributed by atoms with van der Waals surface area (Å²) >= 11 is 0. The number of benzene rings is 1. The van der Waals surface area contributed by atoms with Gasteiger partial charge in [-0.3, -0.25) is 0 Å². The normalized spacial score (nSPS) is 23.0. The predicted octanol–water partition coefficient (Wildman–Crippen LogP) is 2.23. The van der Waals surface area contributed by atoms with Gasteiger partial charge in [-0.05, 0) is 51.0 Å². The summed E-state index contributed by atoms with van der Waals surface area (Å²) in [5, 5.41) is 1.14. The summed E-state index contributed by atoms with van der Waals surface area (Å²) in [5.74, 6) is 0. The zero-order valence-corrected chi connectivity index (χ0v) is 15.4. The van der Waals surface area contributed by atoms with Crippen molar-refractivity contribution in [2.45, 2.75) is 46.4 Å². The van der Waals surface area contributed by atoms with Crippen LogP contribution < -0.4 is 4.72 Å². The van der Waals surface area contributed by atoms with Crippen LogP contribution in [-0.2, 0) is 21.5 Å². The van der Waals surface area contributed by atoms with Gasteiger partial charge in [0.15, 0.2) is 0 Å². The number of rotatable bonds is 4. The molecule has 0 radical (unpaired) electrons. The zero-order valence-electron chi connectivity index (χ0n) is 14.6. The standard InChI is InChI=1S/C17H25N3O3S/c1-11-9-20(10-12(2)23-11)24(21,22)18-8-15-5-6-17-16(7-15)13(3)14(4)19-17/h5-7,11-12,18-19H,8-10H2,1-4H3/t11-,12-/m0/s1. The van der Waals surface area contributed by atoms with Crippen LogP contribution >= 0.6 is 0 Å². The van der Waals surface area contributed by atoms with Gasteiger partial charge >= 0.3 is 0 Å². The molecule has 0 spiro atoms. The Hall–Kier alpha value is -1.41. The molecule has 2 N–H and O–H groups in total. The molecule has 24 heavy (non-hydrogen) atoms. The van der Waals surface area contributed by atoms with E-state index in [1.165, 1.54) is 9.87 Å². The van der Waals surface area contributed by atoms with Crippen molar-refractivity contribution in [1.29, 1.82) is 0 Å². The lowest BCUT2D eigenvalue weighted by atomic mass is 10.1. The van der Waals surface area contributed by atoms with Gasteiger partial charge < -0.3 is 9.72 Å². The summed E-state index contributed by atoms with van der Waals surface area (Å²) in [5.41, 5.74) is 4.36. The molecule has 1 aliphatic heterocycles. The van der Waals surface area contributed by atoms with Crippen molar-refractivity contribution < 1.29 is 13.2 Å². The van der Waals surface area contributed by atoms with Crippen LogP contribution in [0.2, 0.25) is 0 Å². The number of aryl methyl sites for hydroxylation is 2. The molecule has 1 saturated heterocycles. The Labute approximate surface area is 143 Å². The topological polar surface area (TPSA) is 74.4 Å². The maximum atomic E-state index is 12.5. The molecule has 0 amide bonds. The van der Waals surface area contributed by atoms with Crippen molar-refractivity contribution in [3.63, 3.8) is 0 Å². The number of fused-ring (bicyclic) bond motifs is 1. The van der Waals surface area contributed by atoms with Gasteiger partial charge in [0.25, 0.3) is 10.2 Å². The van der Waals surface area contributed by atoms with E-state index in [0.717, 1.165) is 22.2 Å². The Morgan fingerprint density at radius 3 is 2.58 bits per heavy atom. The molecular formula is C17H25N3O3S. The van der Waals surface area contributed by atoms with Gasteiger partial charge in [0, 0.05) is 36.2 Å². The van der Waals surface area contributed by atoms with Crippen LogP contribution in [0.4, 0.5) is 0 Å². The number of hydrogen-bond acceptors (Lipinski definition) is 3. The first kappa shape index (κ1) is 17.4. The van der Waals surface area contributed by atoms with Gasteiger partial charge in [-0.15, -0.1) is 0 Å². The van der Waals surface area contributed by atoms with Crippen molar-refractivity contribution in [3.05, 3.63) is 35.0 Å². The zero-order chi connectivity index (χ0) is 17.5. The number of hydrogen-bond donors (Lipinski definition) is 2. The summed E-state index contributed by atoms with van der Waals surface area (Å²) in [6.45, 7) is 8.94. The summed E-state index contributed by atoms with van der Waals surface area (Å²) in [6.07, 6.45) is -0.181. The largest absolute Gasteiger partial charge is 0.373 e. The third-order valence-electron chi connectivity index (χ3n) is 4.56. The number of H-pyrrole nitrogens is 1. The Bertz CT molecular complexity index is 834. The molecule has 0 bridgehead atoms. The lowest BCUT2D eigenvalue weighted by Crippen LogP contribution is -2.51. The Morgan fingerprint density at radius 2 is 1.92 bits per heavy atom. The quantitative estimate of drug-likeness (QED) is 0.887. The molecule has 2 aromatic rings. The van der Waals surface area contributed by atoms with Gasteiger partial charge in [-0.2, -0.15) is 17.4 Å². The smallest absolute Gasteiger partial charge is 0.279 e. The molecule has 1 aromatic carbocycles. The first-order valence-corrected chi connectivity index (χ1v) is 9.68. The molecule has 6 nitrogen and oxygen atoms in total. The van der Waals surface area contributed by atoms with Crippen LogP contribution in [0.3, 0.4) is 0 Å². The Morgan fingerprint density at radius 1 is 1.25 bits per heavy atom. The number of aromatic nitrogens is 1. The molecule has 0 unspecified atom stereocenters. The maximum absolute atomic E-state index is 12.5. The molecule has 7 heteroatoms. The van der Waals surface area contributed by atoms with Crippen LogP contribution in [0.1, 0.15) is 30.7 Å². The van der Waals surface area contributed by atoms with E-state index in [4.69, 9.17) is 4.74 Å². The van der Waals surface area contributed by atoms with Crippen molar-refractivity contribution in [2.24, 2.45) is 0 Å². The molecule has 2 heterocycles. The van der Waals surface area contributed by atoms with E-state index in [1.807, 2.05) is 39.0 Å². The van der Waals surface area contributed by atoms with E-state index in [1.54, 1.807) is 0 Å². The predicted molar refractivity (Wildman–Crippen MR) is 95.1 cm³/mol. The van der Waals surface area contributed by atoms with E-state index >= 15 is 0 Å². The minimum absolute atomic E-state index is 0.0906. The number of morpholine rings is 1. The highest BCUT2D eigenvalue weighted by molar-refractivity contribution is 7.87. The van der Waals surface area contributed by atoms with Crippen molar-refractivity contribution in [1.82, 2.24) is 14.0 Å². The van der Waals surface area contributed by atoms with Crippen LogP contribution in [0, 0.1) is 13.8 Å². The third-order valence-corrected chi connectivity index (χ3v) is 6.04. The molecule has 1 aromatic heterocycles. The second-order valence-corrected chi connectivity index (χ2v) is 8.41. The molecular weight excluding hydrogens is 326 g/mol. The monoisotopic (exact) mass is 351 g/mol. The number of ether oxygens (including phenoxy) is 1. The van der Waals surface area contributed by atoms with Gasteiger partial charge in [0.1, 0.15) is 0 Å². The number of aromatic amines is 1. The van der Waals surface area contributed by atoms with Crippen LogP contribution in [0.5, 0.6) is 0 Å². The van der Waals surface area contributed by atoms with Gasteiger partial charge in [0.2, 0.25) is 0 Å². The first-order chi connectivity index (χ1) is 11.3. The van der Waals surface area contributed by atoms with E-state index in [0.29, 0.717) is 13.1 Å². The molecule has 0 aliphatic carbocycles. The van der Waals surface area contributed by atoms with Crippen molar-refractivity contribution in [3.8, 4) is 0 Å². The highest BCUT2D eigenvalue weighted by Crippen LogP contribution is 2.22. The van der Waals surface area contributed by atoms with Crippen LogP contribution in [0.25, 0.3) is 10.9 Å². The first-order valence-electron chi connectivity index (χ1n) is 8.24. The fourth-order valence-electron chi connectivity index (χ4n) is 3.21.